The molecule has 1 radical (unpaired) electrons. The average Bonchev–Trinajstić information content (AvgIpc) is 1.80. The Balaban J connectivity index is 2.75. The Hall–Kier alpha value is -0.0751. The van der Waals surface area contributed by atoms with Crippen LogP contribution < -0.4 is 0 Å². The average molecular weight is 133 g/mol. The molecule has 0 unspecified atom stereocenters. The van der Waals surface area contributed by atoms with Crippen molar-refractivity contribution in [1.82, 2.24) is 0 Å². The zero-order valence-electron chi connectivity index (χ0n) is 5.74. The highest BCUT2D eigenvalue weighted by Crippen LogP contribution is 2.03. The zero-order chi connectivity index (χ0) is 7.11. The number of hydrogen-bond donors (Lipinski definition) is 0. The van der Waals surface area contributed by atoms with Gasteiger partial charge in [-0.05, 0) is 0 Å². The second-order valence-corrected chi connectivity index (χ2v) is 2.05. The van der Waals surface area contributed by atoms with E-state index in [1.807, 2.05) is 14.2 Å². The Labute approximate surface area is 55.9 Å². The molecule has 0 amide bonds. The largest absolute Gasteiger partial charge is 0.238 e. The Morgan fingerprint density at radius 1 is 1.33 bits per heavy atom. The van der Waals surface area contributed by atoms with Crippen LogP contribution in [0.3, 0.4) is 0 Å². The van der Waals surface area contributed by atoms with E-state index in [0.717, 1.165) is 12.7 Å². The van der Waals surface area contributed by atoms with Crippen molar-refractivity contribution in [3.63, 3.8) is 0 Å². The summed E-state index contributed by atoms with van der Waals surface area (Å²) >= 11 is 0. The Morgan fingerprint density at radius 2 is 2.00 bits per heavy atom. The molecule has 0 fully saturated rings. The Morgan fingerprint density at radius 3 is 2.44 bits per heavy atom. The topological polar surface area (TPSA) is 0 Å². The minimum Gasteiger partial charge on any atom is -0.211 e. The zero-order valence-corrected chi connectivity index (χ0v) is 5.74. The van der Waals surface area contributed by atoms with Crippen molar-refractivity contribution in [1.29, 1.82) is 0 Å². The van der Waals surface area contributed by atoms with Gasteiger partial charge in [-0.3, -0.25) is 0 Å². The molecule has 0 aromatic heterocycles. The maximum atomic E-state index is 11.4. The summed E-state index contributed by atoms with van der Waals surface area (Å²) in [7, 11) is 1.92. The molecule has 0 spiro atoms. The van der Waals surface area contributed by atoms with Gasteiger partial charge in [0.15, 0.2) is 0 Å². The molecule has 0 saturated heterocycles. The highest BCUT2D eigenvalue weighted by Gasteiger charge is 2.00. The van der Waals surface area contributed by atoms with Crippen molar-refractivity contribution in [2.45, 2.75) is 38.8 Å². The lowest BCUT2D eigenvalue weighted by Crippen LogP contribution is -1.94. The van der Waals surface area contributed by atoms with Gasteiger partial charge in [0.05, 0.1) is 0 Å². The molecule has 0 aromatic rings. The molecule has 0 aromatic carbocycles. The van der Waals surface area contributed by atoms with Crippen LogP contribution >= 0.6 is 0 Å². The van der Waals surface area contributed by atoms with Gasteiger partial charge in [-0.1, -0.05) is 26.0 Å². The first-order valence-electron chi connectivity index (χ1n) is 3.37. The third-order valence-electron chi connectivity index (χ3n) is 1.08. The molecule has 0 atom stereocenters. The van der Waals surface area contributed by atoms with Gasteiger partial charge in [0.1, 0.15) is 7.28 Å². The predicted octanol–water partition coefficient (Wildman–Crippen LogP) is 2.59. The summed E-state index contributed by atoms with van der Waals surface area (Å²) in [4.78, 5) is 0. The lowest BCUT2D eigenvalue weighted by Gasteiger charge is -1.95. The summed E-state index contributed by atoms with van der Waals surface area (Å²) in [6.07, 6.45) is 0.486. The highest BCUT2D eigenvalue weighted by atomic mass is 19.3. The van der Waals surface area contributed by atoms with Crippen LogP contribution in [0.15, 0.2) is 0 Å². The summed E-state index contributed by atoms with van der Waals surface area (Å²) < 4.78 is 22.9. The van der Waals surface area contributed by atoms with E-state index in [1.165, 1.54) is 0 Å². The molecule has 0 aliphatic rings. The van der Waals surface area contributed by atoms with Gasteiger partial charge in [0.25, 0.3) is 0 Å². The maximum absolute atomic E-state index is 11.4. The standard InChI is InChI=1S/C6H12BF2/c1-2-4-7-5-3-6(8)9/h6H,2-5H2,1H3. The molecule has 0 saturated carbocycles. The van der Waals surface area contributed by atoms with Crippen LogP contribution in [0.5, 0.6) is 0 Å². The molecule has 9 heavy (non-hydrogen) atoms. The van der Waals surface area contributed by atoms with Crippen LogP contribution in [-0.2, 0) is 0 Å². The fraction of sp³-hybridized carbons (Fsp3) is 1.00. The van der Waals surface area contributed by atoms with Crippen LogP contribution in [0.1, 0.15) is 19.8 Å². The van der Waals surface area contributed by atoms with E-state index >= 15 is 0 Å². The lowest BCUT2D eigenvalue weighted by atomic mass is 9.69. The molecule has 0 heterocycles. The van der Waals surface area contributed by atoms with Crippen LogP contribution in [0.4, 0.5) is 8.78 Å². The van der Waals surface area contributed by atoms with E-state index in [-0.39, 0.29) is 6.42 Å². The molecule has 3 heteroatoms. The monoisotopic (exact) mass is 133 g/mol. The van der Waals surface area contributed by atoms with Gasteiger partial charge >= 0.3 is 0 Å². The van der Waals surface area contributed by atoms with E-state index in [0.29, 0.717) is 6.32 Å². The maximum Gasteiger partial charge on any atom is 0.238 e. The smallest absolute Gasteiger partial charge is 0.211 e. The molecule has 0 N–H and O–H groups in total. The number of rotatable bonds is 5. The lowest BCUT2D eigenvalue weighted by molar-refractivity contribution is 0.144. The number of halogens is 2. The second kappa shape index (κ2) is 6.05. The van der Waals surface area contributed by atoms with Crippen molar-refractivity contribution in [2.75, 3.05) is 0 Å². The van der Waals surface area contributed by atoms with Gasteiger partial charge in [0, 0.05) is 6.42 Å². The fourth-order valence-corrected chi connectivity index (χ4v) is 0.592. The van der Waals surface area contributed by atoms with Gasteiger partial charge in [-0.2, -0.15) is 0 Å². The van der Waals surface area contributed by atoms with Crippen molar-refractivity contribution < 1.29 is 8.78 Å². The Kier molecular flexibility index (Phi) is 6.00. The van der Waals surface area contributed by atoms with E-state index in [2.05, 4.69) is 0 Å². The SMILES string of the molecule is CCC[B]CCC(F)F. The molecule has 0 nitrogen and oxygen atoms in total. The first kappa shape index (κ1) is 8.92. The van der Waals surface area contributed by atoms with Gasteiger partial charge in [-0.25, -0.2) is 8.78 Å². The van der Waals surface area contributed by atoms with Gasteiger partial charge in [0.2, 0.25) is 6.43 Å². The fourth-order valence-electron chi connectivity index (χ4n) is 0.592. The number of alkyl halides is 2. The highest BCUT2D eigenvalue weighted by molar-refractivity contribution is 6.35. The molecular weight excluding hydrogens is 121 g/mol. The van der Waals surface area contributed by atoms with Crippen LogP contribution in [-0.4, -0.2) is 13.7 Å². The molecule has 0 bridgehead atoms. The first-order chi connectivity index (χ1) is 4.27. The van der Waals surface area contributed by atoms with Crippen molar-refractivity contribution in [3.05, 3.63) is 0 Å². The van der Waals surface area contributed by atoms with E-state index in [1.54, 1.807) is 0 Å². The van der Waals surface area contributed by atoms with Crippen molar-refractivity contribution >= 4 is 7.28 Å². The van der Waals surface area contributed by atoms with E-state index in [4.69, 9.17) is 0 Å². The predicted molar refractivity (Wildman–Crippen MR) is 36.3 cm³/mol. The molecule has 0 aliphatic carbocycles. The number of hydrogen-bond acceptors (Lipinski definition) is 0. The summed E-state index contributed by atoms with van der Waals surface area (Å²) in [5, 5.41) is 0. The van der Waals surface area contributed by atoms with Crippen LogP contribution in [0.25, 0.3) is 0 Å². The first-order valence-corrected chi connectivity index (χ1v) is 3.37. The molecule has 53 valence electrons. The van der Waals surface area contributed by atoms with Crippen molar-refractivity contribution in [2.24, 2.45) is 0 Å². The Bertz CT molecular complexity index is 57.0. The van der Waals surface area contributed by atoms with Crippen LogP contribution in [0, 0.1) is 0 Å². The van der Waals surface area contributed by atoms with E-state index in [9.17, 15) is 8.78 Å². The normalized spacial score (nSPS) is 10.2. The molecular formula is C6H12BF2. The van der Waals surface area contributed by atoms with Gasteiger partial charge < -0.3 is 0 Å². The summed E-state index contributed by atoms with van der Waals surface area (Å²) in [6, 6.07) is 0. The third kappa shape index (κ3) is 7.92. The summed E-state index contributed by atoms with van der Waals surface area (Å²) in [5.74, 6) is 0. The van der Waals surface area contributed by atoms with Gasteiger partial charge in [-0.15, -0.1) is 0 Å². The summed E-state index contributed by atoms with van der Waals surface area (Å²) in [5.41, 5.74) is 0. The summed E-state index contributed by atoms with van der Waals surface area (Å²) in [6.45, 7) is 2.04. The molecule has 0 rings (SSSR count). The van der Waals surface area contributed by atoms with Crippen molar-refractivity contribution in [3.8, 4) is 0 Å². The minimum atomic E-state index is -2.13. The second-order valence-electron chi connectivity index (χ2n) is 2.05. The van der Waals surface area contributed by atoms with E-state index < -0.39 is 6.43 Å². The minimum absolute atomic E-state index is 0.0278. The third-order valence-corrected chi connectivity index (χ3v) is 1.08. The van der Waals surface area contributed by atoms with Crippen LogP contribution in [0.2, 0.25) is 12.6 Å². The molecule has 0 aliphatic heterocycles. The quantitative estimate of drug-likeness (QED) is 0.399.